The van der Waals surface area contributed by atoms with Crippen molar-refractivity contribution in [2.24, 2.45) is 0 Å². The fraction of sp³-hybridized carbons (Fsp3) is 0.923. The van der Waals surface area contributed by atoms with Gasteiger partial charge < -0.3 is 10.1 Å². The zero-order chi connectivity index (χ0) is 13.8. The van der Waals surface area contributed by atoms with Gasteiger partial charge in [-0.3, -0.25) is 0 Å². The summed E-state index contributed by atoms with van der Waals surface area (Å²) in [6, 6.07) is 0. The van der Waals surface area contributed by atoms with Crippen LogP contribution in [0, 0.1) is 0 Å². The Hall–Kier alpha value is -0.660. The van der Waals surface area contributed by atoms with Crippen LogP contribution in [0.1, 0.15) is 38.5 Å². The smallest absolute Gasteiger partial charge is 0.209 e. The molecule has 1 spiro atoms. The molecule has 20 heavy (non-hydrogen) atoms. The zero-order valence-electron chi connectivity index (χ0n) is 12.0. The van der Waals surface area contributed by atoms with E-state index in [-0.39, 0.29) is 5.60 Å². The second-order valence-electron chi connectivity index (χ2n) is 5.77. The van der Waals surface area contributed by atoms with Crippen molar-refractivity contribution in [3.63, 3.8) is 0 Å². The highest BCUT2D eigenvalue weighted by molar-refractivity contribution is 7.99. The van der Waals surface area contributed by atoms with Gasteiger partial charge in [-0.25, -0.2) is 4.68 Å². The van der Waals surface area contributed by atoms with Gasteiger partial charge in [0.25, 0.3) is 0 Å². The summed E-state index contributed by atoms with van der Waals surface area (Å²) in [5.41, 5.74) is 0.225. The lowest BCUT2D eigenvalue weighted by molar-refractivity contribution is -0.0267. The number of nitrogens with zero attached hydrogens (tertiary/aromatic N) is 4. The molecule has 2 fully saturated rings. The van der Waals surface area contributed by atoms with Crippen LogP contribution in [0.5, 0.6) is 0 Å². The Morgan fingerprint density at radius 3 is 3.05 bits per heavy atom. The Morgan fingerprint density at radius 2 is 2.25 bits per heavy atom. The van der Waals surface area contributed by atoms with E-state index < -0.39 is 0 Å². The third-order valence-electron chi connectivity index (χ3n) is 4.32. The Labute approximate surface area is 124 Å². The van der Waals surface area contributed by atoms with E-state index in [9.17, 15) is 0 Å². The quantitative estimate of drug-likeness (QED) is 0.802. The number of nitrogens with one attached hydrogen (secondary N) is 1. The van der Waals surface area contributed by atoms with E-state index in [1.165, 1.54) is 38.5 Å². The zero-order valence-corrected chi connectivity index (χ0v) is 12.9. The lowest BCUT2D eigenvalue weighted by atomic mass is 9.98. The minimum absolute atomic E-state index is 0.225. The minimum Gasteiger partial charge on any atom is -0.371 e. The summed E-state index contributed by atoms with van der Waals surface area (Å²) in [7, 11) is 1.94. The highest BCUT2D eigenvalue weighted by atomic mass is 32.2. The van der Waals surface area contributed by atoms with Crippen molar-refractivity contribution in [3.8, 4) is 0 Å². The first kappa shape index (κ1) is 14.3. The molecule has 2 heterocycles. The lowest BCUT2D eigenvalue weighted by Crippen LogP contribution is -2.25. The van der Waals surface area contributed by atoms with Crippen LogP contribution in [-0.4, -0.2) is 51.3 Å². The highest BCUT2D eigenvalue weighted by Gasteiger charge is 2.42. The van der Waals surface area contributed by atoms with Crippen LogP contribution in [-0.2, 0) is 11.3 Å². The fourth-order valence-corrected chi connectivity index (χ4v) is 4.17. The van der Waals surface area contributed by atoms with Crippen molar-refractivity contribution >= 4 is 11.8 Å². The molecule has 1 unspecified atom stereocenters. The Bertz CT molecular complexity index is 432. The largest absolute Gasteiger partial charge is 0.371 e. The molecule has 0 bridgehead atoms. The van der Waals surface area contributed by atoms with Gasteiger partial charge in [0.2, 0.25) is 5.16 Å². The average molecular weight is 297 g/mol. The fourth-order valence-electron chi connectivity index (χ4n) is 3.23. The van der Waals surface area contributed by atoms with Crippen LogP contribution >= 0.6 is 11.8 Å². The van der Waals surface area contributed by atoms with Crippen LogP contribution in [0.2, 0.25) is 0 Å². The van der Waals surface area contributed by atoms with Crippen molar-refractivity contribution in [2.45, 2.75) is 61.9 Å². The predicted octanol–water partition coefficient (Wildman–Crippen LogP) is 1.48. The minimum atomic E-state index is 0.225. The highest BCUT2D eigenvalue weighted by Crippen LogP contribution is 2.44. The molecule has 1 saturated carbocycles. The summed E-state index contributed by atoms with van der Waals surface area (Å²) in [6.07, 6.45) is 7.98. The van der Waals surface area contributed by atoms with E-state index in [4.69, 9.17) is 4.74 Å². The number of rotatable bonds is 6. The molecule has 1 aliphatic heterocycles. The molecule has 1 atom stereocenters. The molecule has 1 saturated heterocycles. The van der Waals surface area contributed by atoms with E-state index in [1.54, 1.807) is 11.8 Å². The van der Waals surface area contributed by atoms with Gasteiger partial charge in [0.15, 0.2) is 0 Å². The molecular weight excluding hydrogens is 274 g/mol. The lowest BCUT2D eigenvalue weighted by Gasteiger charge is -2.23. The van der Waals surface area contributed by atoms with E-state index in [2.05, 4.69) is 20.8 Å². The summed E-state index contributed by atoms with van der Waals surface area (Å²) in [5.74, 6) is 0.960. The molecule has 3 rings (SSSR count). The first-order valence-corrected chi connectivity index (χ1v) is 8.51. The molecule has 112 valence electrons. The van der Waals surface area contributed by atoms with Gasteiger partial charge in [0.05, 0.1) is 18.2 Å². The summed E-state index contributed by atoms with van der Waals surface area (Å²) in [5, 5.41) is 15.9. The predicted molar refractivity (Wildman–Crippen MR) is 77.8 cm³/mol. The number of hydrogen-bond acceptors (Lipinski definition) is 6. The first-order valence-electron chi connectivity index (χ1n) is 7.53. The van der Waals surface area contributed by atoms with Crippen molar-refractivity contribution < 1.29 is 4.74 Å². The Kier molecular flexibility index (Phi) is 4.58. The molecule has 0 radical (unpaired) electrons. The molecule has 0 aromatic carbocycles. The maximum absolute atomic E-state index is 6.32. The summed E-state index contributed by atoms with van der Waals surface area (Å²) < 4.78 is 8.18. The maximum atomic E-state index is 6.32. The van der Waals surface area contributed by atoms with Crippen LogP contribution in [0.4, 0.5) is 0 Å². The van der Waals surface area contributed by atoms with Crippen LogP contribution in [0.25, 0.3) is 0 Å². The van der Waals surface area contributed by atoms with E-state index in [0.29, 0.717) is 6.10 Å². The molecule has 6 nitrogen and oxygen atoms in total. The molecule has 1 aromatic rings. The SMILES string of the molecule is CNCCn1nnnc1SCC1CCC2(CCCC2)O1. The van der Waals surface area contributed by atoms with Gasteiger partial charge in [-0.2, -0.15) is 0 Å². The normalized spacial score (nSPS) is 24.8. The van der Waals surface area contributed by atoms with Crippen LogP contribution in [0.15, 0.2) is 5.16 Å². The molecule has 1 aromatic heterocycles. The van der Waals surface area contributed by atoms with Gasteiger partial charge >= 0.3 is 0 Å². The van der Waals surface area contributed by atoms with Gasteiger partial charge in [-0.15, -0.1) is 5.10 Å². The topological polar surface area (TPSA) is 64.9 Å². The number of ether oxygens (including phenoxy) is 1. The molecule has 7 heteroatoms. The molecule has 0 amide bonds. The number of hydrogen-bond donors (Lipinski definition) is 1. The molecule has 1 aliphatic carbocycles. The molecule has 2 aliphatic rings. The number of tetrazole rings is 1. The molecular formula is C13H23N5OS. The van der Waals surface area contributed by atoms with Gasteiger partial charge in [0, 0.05) is 12.3 Å². The second kappa shape index (κ2) is 6.41. The van der Waals surface area contributed by atoms with Crippen molar-refractivity contribution in [3.05, 3.63) is 0 Å². The summed E-state index contributed by atoms with van der Waals surface area (Å²) in [6.45, 7) is 1.68. The van der Waals surface area contributed by atoms with Crippen LogP contribution in [0.3, 0.4) is 0 Å². The van der Waals surface area contributed by atoms with E-state index in [1.807, 2.05) is 11.7 Å². The number of likely N-dealkylation sites (N-methyl/N-ethyl adjacent to an activating group) is 1. The maximum Gasteiger partial charge on any atom is 0.209 e. The third-order valence-corrected chi connectivity index (χ3v) is 5.41. The van der Waals surface area contributed by atoms with Crippen molar-refractivity contribution in [1.82, 2.24) is 25.5 Å². The first-order chi connectivity index (χ1) is 9.81. The van der Waals surface area contributed by atoms with E-state index in [0.717, 1.165) is 24.0 Å². The van der Waals surface area contributed by atoms with E-state index >= 15 is 0 Å². The van der Waals surface area contributed by atoms with Crippen molar-refractivity contribution in [2.75, 3.05) is 19.3 Å². The third kappa shape index (κ3) is 3.15. The molecule has 1 N–H and O–H groups in total. The number of aromatic nitrogens is 4. The monoisotopic (exact) mass is 297 g/mol. The summed E-state index contributed by atoms with van der Waals surface area (Å²) in [4.78, 5) is 0. The number of thioether (sulfide) groups is 1. The van der Waals surface area contributed by atoms with Gasteiger partial charge in [0.1, 0.15) is 0 Å². The Balaban J connectivity index is 1.49. The Morgan fingerprint density at radius 1 is 1.40 bits per heavy atom. The van der Waals surface area contributed by atoms with Crippen molar-refractivity contribution in [1.29, 1.82) is 0 Å². The van der Waals surface area contributed by atoms with Crippen LogP contribution < -0.4 is 5.32 Å². The standard InChI is InChI=1S/C13H23N5OS/c1-14-8-9-18-12(15-16-17-18)20-10-11-4-7-13(19-11)5-2-3-6-13/h11,14H,2-10H2,1H3. The average Bonchev–Trinajstić information content (AvgIpc) is 3.18. The second-order valence-corrected chi connectivity index (χ2v) is 6.75. The van der Waals surface area contributed by atoms with Gasteiger partial charge in [-0.05, 0) is 43.2 Å². The summed E-state index contributed by atoms with van der Waals surface area (Å²) >= 11 is 1.72. The van der Waals surface area contributed by atoms with Gasteiger partial charge in [-0.1, -0.05) is 24.6 Å².